The molecule has 2 N–H and O–H groups in total. The second kappa shape index (κ2) is 5.21. The average Bonchev–Trinajstić information content (AvgIpc) is 2.36. The molecule has 0 saturated carbocycles. The van der Waals surface area contributed by atoms with Crippen LogP contribution in [0, 0.1) is 5.92 Å². The Labute approximate surface area is 114 Å². The van der Waals surface area contributed by atoms with Gasteiger partial charge in [0, 0.05) is 12.6 Å². The summed E-state index contributed by atoms with van der Waals surface area (Å²) in [6.07, 6.45) is -0.414. The van der Waals surface area contributed by atoms with Crippen LogP contribution in [-0.2, 0) is 11.3 Å². The predicted molar refractivity (Wildman–Crippen MR) is 76.2 cm³/mol. The lowest BCUT2D eigenvalue weighted by atomic mass is 10.0. The fraction of sp³-hybridized carbons (Fsp3) is 0.533. The number of amides is 1. The summed E-state index contributed by atoms with van der Waals surface area (Å²) >= 11 is 0. The zero-order chi connectivity index (χ0) is 14.2. The van der Waals surface area contributed by atoms with Crippen molar-refractivity contribution in [3.8, 4) is 5.75 Å². The van der Waals surface area contributed by atoms with Crippen LogP contribution in [0.5, 0.6) is 5.75 Å². The lowest BCUT2D eigenvalue weighted by Crippen LogP contribution is -2.51. The molecule has 0 radical (unpaired) electrons. The van der Waals surface area contributed by atoms with Crippen molar-refractivity contribution >= 4 is 11.6 Å². The van der Waals surface area contributed by atoms with Gasteiger partial charge in [-0.25, -0.2) is 0 Å². The Balaban J connectivity index is 2.49. The Morgan fingerprint density at radius 1 is 1.32 bits per heavy atom. The number of nitrogens with zero attached hydrogens (tertiary/aromatic N) is 1. The molecule has 0 spiro atoms. The number of hydrogen-bond acceptors (Lipinski definition) is 3. The molecule has 0 aromatic heterocycles. The molecule has 0 aliphatic carbocycles. The first-order chi connectivity index (χ1) is 8.95. The van der Waals surface area contributed by atoms with Gasteiger partial charge in [0.05, 0.1) is 5.69 Å². The van der Waals surface area contributed by atoms with E-state index in [2.05, 4.69) is 0 Å². The maximum absolute atomic E-state index is 12.5. The van der Waals surface area contributed by atoms with Crippen LogP contribution in [0.4, 0.5) is 5.69 Å². The summed E-state index contributed by atoms with van der Waals surface area (Å²) in [6, 6.07) is 5.92. The van der Waals surface area contributed by atoms with E-state index < -0.39 is 6.10 Å². The van der Waals surface area contributed by atoms with E-state index in [1.165, 1.54) is 0 Å². The first-order valence-corrected chi connectivity index (χ1v) is 6.78. The third kappa shape index (κ3) is 2.45. The van der Waals surface area contributed by atoms with Crippen molar-refractivity contribution in [2.24, 2.45) is 11.7 Å². The van der Waals surface area contributed by atoms with Crippen molar-refractivity contribution in [1.82, 2.24) is 0 Å². The molecule has 19 heavy (non-hydrogen) atoms. The molecule has 4 nitrogen and oxygen atoms in total. The number of nitrogens with two attached hydrogens (primary N) is 1. The Morgan fingerprint density at radius 2 is 2.00 bits per heavy atom. The van der Waals surface area contributed by atoms with E-state index in [1.54, 1.807) is 0 Å². The van der Waals surface area contributed by atoms with E-state index in [0.29, 0.717) is 6.54 Å². The minimum absolute atomic E-state index is 0.0398. The molecule has 1 atom stereocenters. The van der Waals surface area contributed by atoms with Gasteiger partial charge in [-0.3, -0.25) is 4.79 Å². The van der Waals surface area contributed by atoms with E-state index >= 15 is 0 Å². The third-order valence-electron chi connectivity index (χ3n) is 3.38. The van der Waals surface area contributed by atoms with E-state index in [4.69, 9.17) is 10.5 Å². The van der Waals surface area contributed by atoms with Gasteiger partial charge in [-0.1, -0.05) is 19.9 Å². The van der Waals surface area contributed by atoms with Crippen LogP contribution in [0.2, 0.25) is 0 Å². The molecule has 1 aromatic rings. The summed E-state index contributed by atoms with van der Waals surface area (Å²) in [5.74, 6) is 0.941. The van der Waals surface area contributed by atoms with Crippen LogP contribution in [0.25, 0.3) is 0 Å². The zero-order valence-corrected chi connectivity index (χ0v) is 12.0. The van der Waals surface area contributed by atoms with Crippen molar-refractivity contribution in [2.75, 3.05) is 4.90 Å². The molecule has 1 aliphatic heterocycles. The van der Waals surface area contributed by atoms with Crippen molar-refractivity contribution < 1.29 is 9.53 Å². The van der Waals surface area contributed by atoms with Crippen molar-refractivity contribution in [1.29, 1.82) is 0 Å². The molecule has 0 saturated heterocycles. The number of ether oxygens (including phenoxy) is 1. The van der Waals surface area contributed by atoms with Gasteiger partial charge >= 0.3 is 0 Å². The Kier molecular flexibility index (Phi) is 3.80. The molecule has 1 aliphatic rings. The number of hydrogen-bond donors (Lipinski definition) is 1. The average molecular weight is 262 g/mol. The number of carbonyl (C=O) groups is 1. The molecule has 1 amide bonds. The molecule has 4 heteroatoms. The quantitative estimate of drug-likeness (QED) is 0.909. The summed E-state index contributed by atoms with van der Waals surface area (Å²) in [5, 5.41) is 0. The zero-order valence-electron chi connectivity index (χ0n) is 12.0. The Morgan fingerprint density at radius 3 is 2.53 bits per heavy atom. The van der Waals surface area contributed by atoms with Gasteiger partial charge in [0.2, 0.25) is 0 Å². The first kappa shape index (κ1) is 13.9. The van der Waals surface area contributed by atoms with Crippen LogP contribution in [0.1, 0.15) is 33.3 Å². The summed E-state index contributed by atoms with van der Waals surface area (Å²) < 4.78 is 5.88. The number of benzene rings is 1. The standard InChI is InChI=1S/C15H22N2O2/c1-9(2)14-15(18)17(10(3)4)12-6-5-11(8-16)7-13(12)19-14/h5-7,9-10,14H,8,16H2,1-4H3. The summed E-state index contributed by atoms with van der Waals surface area (Å²) in [6.45, 7) is 8.50. The highest BCUT2D eigenvalue weighted by molar-refractivity contribution is 6.00. The fourth-order valence-corrected chi connectivity index (χ4v) is 2.38. The molecule has 104 valence electrons. The topological polar surface area (TPSA) is 55.6 Å². The van der Waals surface area contributed by atoms with E-state index in [1.807, 2.05) is 50.8 Å². The molecule has 2 rings (SSSR count). The normalized spacial score (nSPS) is 18.8. The largest absolute Gasteiger partial charge is 0.478 e. The summed E-state index contributed by atoms with van der Waals surface area (Å²) in [7, 11) is 0. The fourth-order valence-electron chi connectivity index (χ4n) is 2.38. The van der Waals surface area contributed by atoms with Crippen LogP contribution in [0.3, 0.4) is 0 Å². The van der Waals surface area contributed by atoms with Gasteiger partial charge in [0.15, 0.2) is 6.10 Å². The highest BCUT2D eigenvalue weighted by Gasteiger charge is 2.37. The first-order valence-electron chi connectivity index (χ1n) is 6.78. The summed E-state index contributed by atoms with van der Waals surface area (Å²) in [5.41, 5.74) is 7.52. The second-order valence-corrected chi connectivity index (χ2v) is 5.59. The number of carbonyl (C=O) groups excluding carboxylic acids is 1. The van der Waals surface area contributed by atoms with Crippen LogP contribution in [0.15, 0.2) is 18.2 Å². The molecule has 1 heterocycles. The van der Waals surface area contributed by atoms with Gasteiger partial charge in [0.1, 0.15) is 5.75 Å². The van der Waals surface area contributed by atoms with Crippen molar-refractivity contribution in [2.45, 2.75) is 46.4 Å². The van der Waals surface area contributed by atoms with Gasteiger partial charge in [0.25, 0.3) is 5.91 Å². The van der Waals surface area contributed by atoms with Crippen LogP contribution < -0.4 is 15.4 Å². The molecule has 1 unspecified atom stereocenters. The van der Waals surface area contributed by atoms with E-state index in [-0.39, 0.29) is 17.9 Å². The highest BCUT2D eigenvalue weighted by atomic mass is 16.5. The molecule has 0 bridgehead atoms. The van der Waals surface area contributed by atoms with E-state index in [0.717, 1.165) is 17.0 Å². The lowest BCUT2D eigenvalue weighted by Gasteiger charge is -2.38. The monoisotopic (exact) mass is 262 g/mol. The maximum atomic E-state index is 12.5. The highest BCUT2D eigenvalue weighted by Crippen LogP contribution is 2.37. The maximum Gasteiger partial charge on any atom is 0.268 e. The smallest absolute Gasteiger partial charge is 0.268 e. The van der Waals surface area contributed by atoms with E-state index in [9.17, 15) is 4.79 Å². The Hall–Kier alpha value is -1.55. The van der Waals surface area contributed by atoms with Gasteiger partial charge in [-0.05, 0) is 37.5 Å². The molecule has 1 aromatic carbocycles. The number of fused-ring (bicyclic) bond motifs is 1. The second-order valence-electron chi connectivity index (χ2n) is 5.59. The number of anilines is 1. The SMILES string of the molecule is CC(C)C1Oc2cc(CN)ccc2N(C(C)C)C1=O. The summed E-state index contributed by atoms with van der Waals surface area (Å²) in [4.78, 5) is 14.3. The molecule has 0 fully saturated rings. The predicted octanol–water partition coefficient (Wildman–Crippen LogP) is 2.30. The van der Waals surface area contributed by atoms with Gasteiger partial charge < -0.3 is 15.4 Å². The lowest BCUT2D eigenvalue weighted by molar-refractivity contribution is -0.128. The van der Waals surface area contributed by atoms with Crippen LogP contribution >= 0.6 is 0 Å². The van der Waals surface area contributed by atoms with Gasteiger partial charge in [-0.15, -0.1) is 0 Å². The minimum atomic E-state index is -0.414. The molecular weight excluding hydrogens is 240 g/mol. The molecular formula is C15H22N2O2. The van der Waals surface area contributed by atoms with Crippen molar-refractivity contribution in [3.63, 3.8) is 0 Å². The minimum Gasteiger partial charge on any atom is -0.478 e. The van der Waals surface area contributed by atoms with Crippen LogP contribution in [-0.4, -0.2) is 18.1 Å². The van der Waals surface area contributed by atoms with Gasteiger partial charge in [-0.2, -0.15) is 0 Å². The third-order valence-corrected chi connectivity index (χ3v) is 3.38. The van der Waals surface area contributed by atoms with Crippen molar-refractivity contribution in [3.05, 3.63) is 23.8 Å². The number of rotatable bonds is 3. The Bertz CT molecular complexity index is 483.